The van der Waals surface area contributed by atoms with Gasteiger partial charge >= 0.3 is 0 Å². The molecule has 0 saturated heterocycles. The number of rotatable bonds is 5. The summed E-state index contributed by atoms with van der Waals surface area (Å²) in [5, 5.41) is 3.27. The van der Waals surface area contributed by atoms with Crippen LogP contribution in [0.2, 0.25) is 0 Å². The van der Waals surface area contributed by atoms with E-state index in [1.165, 1.54) is 24.8 Å². The van der Waals surface area contributed by atoms with E-state index in [4.69, 9.17) is 4.74 Å². The van der Waals surface area contributed by atoms with Crippen molar-refractivity contribution >= 4 is 0 Å². The SMILES string of the molecule is CCNCc1ccc(OC2CCC2)nc1. The van der Waals surface area contributed by atoms with Crippen molar-refractivity contribution in [2.45, 2.75) is 38.8 Å². The van der Waals surface area contributed by atoms with Gasteiger partial charge < -0.3 is 10.1 Å². The molecular weight excluding hydrogens is 188 g/mol. The molecule has 1 fully saturated rings. The summed E-state index contributed by atoms with van der Waals surface area (Å²) in [4.78, 5) is 4.29. The van der Waals surface area contributed by atoms with E-state index in [0.29, 0.717) is 6.10 Å². The van der Waals surface area contributed by atoms with Gasteiger partial charge in [-0.3, -0.25) is 0 Å². The maximum atomic E-state index is 5.68. The summed E-state index contributed by atoms with van der Waals surface area (Å²) in [6, 6.07) is 4.04. The van der Waals surface area contributed by atoms with E-state index in [9.17, 15) is 0 Å². The fourth-order valence-corrected chi connectivity index (χ4v) is 1.51. The molecule has 0 aromatic carbocycles. The zero-order valence-electron chi connectivity index (χ0n) is 9.20. The Morgan fingerprint density at radius 2 is 2.33 bits per heavy atom. The van der Waals surface area contributed by atoms with Crippen LogP contribution in [0.5, 0.6) is 5.88 Å². The number of hydrogen-bond acceptors (Lipinski definition) is 3. The van der Waals surface area contributed by atoms with Crippen LogP contribution >= 0.6 is 0 Å². The number of ether oxygens (including phenoxy) is 1. The summed E-state index contributed by atoms with van der Waals surface area (Å²) in [5.74, 6) is 0.764. The third kappa shape index (κ3) is 2.93. The largest absolute Gasteiger partial charge is 0.474 e. The highest BCUT2D eigenvalue weighted by molar-refractivity contribution is 5.18. The van der Waals surface area contributed by atoms with E-state index in [0.717, 1.165) is 19.0 Å². The summed E-state index contributed by atoms with van der Waals surface area (Å²) < 4.78 is 5.68. The van der Waals surface area contributed by atoms with E-state index in [1.54, 1.807) is 0 Å². The van der Waals surface area contributed by atoms with Crippen molar-refractivity contribution in [3.63, 3.8) is 0 Å². The molecule has 0 radical (unpaired) electrons. The van der Waals surface area contributed by atoms with Crippen LogP contribution in [-0.2, 0) is 6.54 Å². The Kier molecular flexibility index (Phi) is 3.56. The Labute approximate surface area is 90.9 Å². The lowest BCUT2D eigenvalue weighted by Gasteiger charge is -2.25. The minimum absolute atomic E-state index is 0.414. The molecule has 15 heavy (non-hydrogen) atoms. The predicted octanol–water partition coefficient (Wildman–Crippen LogP) is 2.12. The summed E-state index contributed by atoms with van der Waals surface area (Å²) >= 11 is 0. The van der Waals surface area contributed by atoms with Gasteiger partial charge in [-0.15, -0.1) is 0 Å². The minimum Gasteiger partial charge on any atom is -0.474 e. The van der Waals surface area contributed by atoms with Crippen molar-refractivity contribution in [2.24, 2.45) is 0 Å². The number of hydrogen-bond donors (Lipinski definition) is 1. The molecule has 1 aromatic heterocycles. The van der Waals surface area contributed by atoms with E-state index < -0.39 is 0 Å². The zero-order valence-corrected chi connectivity index (χ0v) is 9.20. The molecule has 1 aliphatic carbocycles. The maximum absolute atomic E-state index is 5.68. The first-order valence-corrected chi connectivity index (χ1v) is 5.71. The maximum Gasteiger partial charge on any atom is 0.213 e. The average Bonchev–Trinajstić information content (AvgIpc) is 2.22. The molecule has 0 bridgehead atoms. The Bertz CT molecular complexity index is 293. The van der Waals surface area contributed by atoms with Crippen LogP contribution in [0.15, 0.2) is 18.3 Å². The lowest BCUT2D eigenvalue weighted by molar-refractivity contribution is 0.114. The Balaban J connectivity index is 1.85. The highest BCUT2D eigenvalue weighted by Crippen LogP contribution is 2.23. The highest BCUT2D eigenvalue weighted by Gasteiger charge is 2.19. The van der Waals surface area contributed by atoms with Gasteiger partial charge in [-0.05, 0) is 31.4 Å². The Hall–Kier alpha value is -1.09. The molecule has 1 saturated carbocycles. The quantitative estimate of drug-likeness (QED) is 0.801. The lowest BCUT2D eigenvalue weighted by atomic mass is 9.96. The molecule has 0 amide bonds. The van der Waals surface area contributed by atoms with Gasteiger partial charge in [0.1, 0.15) is 6.10 Å². The van der Waals surface area contributed by atoms with Crippen LogP contribution in [0.4, 0.5) is 0 Å². The fraction of sp³-hybridized carbons (Fsp3) is 0.583. The first-order chi connectivity index (χ1) is 7.38. The molecule has 3 nitrogen and oxygen atoms in total. The molecule has 82 valence electrons. The molecule has 1 N–H and O–H groups in total. The first kappa shape index (κ1) is 10.4. The topological polar surface area (TPSA) is 34.1 Å². The highest BCUT2D eigenvalue weighted by atomic mass is 16.5. The zero-order chi connectivity index (χ0) is 10.5. The van der Waals surface area contributed by atoms with Crippen molar-refractivity contribution in [1.82, 2.24) is 10.3 Å². The third-order valence-corrected chi connectivity index (χ3v) is 2.72. The summed E-state index contributed by atoms with van der Waals surface area (Å²) in [6.07, 6.45) is 5.96. The Morgan fingerprint density at radius 3 is 2.87 bits per heavy atom. The molecule has 3 heteroatoms. The second-order valence-corrected chi connectivity index (χ2v) is 3.96. The van der Waals surface area contributed by atoms with Crippen molar-refractivity contribution in [3.8, 4) is 5.88 Å². The smallest absolute Gasteiger partial charge is 0.213 e. The van der Waals surface area contributed by atoms with Crippen molar-refractivity contribution in [2.75, 3.05) is 6.54 Å². The van der Waals surface area contributed by atoms with Gasteiger partial charge in [-0.1, -0.05) is 13.0 Å². The third-order valence-electron chi connectivity index (χ3n) is 2.72. The predicted molar refractivity (Wildman–Crippen MR) is 59.9 cm³/mol. The average molecular weight is 206 g/mol. The molecule has 1 heterocycles. The fourth-order valence-electron chi connectivity index (χ4n) is 1.51. The molecule has 0 aliphatic heterocycles. The number of aromatic nitrogens is 1. The summed E-state index contributed by atoms with van der Waals surface area (Å²) in [6.45, 7) is 3.97. The van der Waals surface area contributed by atoms with Crippen LogP contribution in [0, 0.1) is 0 Å². The van der Waals surface area contributed by atoms with Gasteiger partial charge in [-0.2, -0.15) is 0 Å². The molecule has 0 unspecified atom stereocenters. The van der Waals surface area contributed by atoms with Crippen LogP contribution < -0.4 is 10.1 Å². The standard InChI is InChI=1S/C12H18N2O/c1-2-13-8-10-6-7-12(14-9-10)15-11-4-3-5-11/h6-7,9,11,13H,2-5,8H2,1H3. The minimum atomic E-state index is 0.414. The number of nitrogens with one attached hydrogen (secondary N) is 1. The van der Waals surface area contributed by atoms with Crippen LogP contribution in [-0.4, -0.2) is 17.6 Å². The number of pyridine rings is 1. The molecule has 0 atom stereocenters. The Morgan fingerprint density at radius 1 is 1.47 bits per heavy atom. The van der Waals surface area contributed by atoms with Gasteiger partial charge in [-0.25, -0.2) is 4.98 Å². The van der Waals surface area contributed by atoms with E-state index in [1.807, 2.05) is 12.3 Å². The monoisotopic (exact) mass is 206 g/mol. The van der Waals surface area contributed by atoms with Gasteiger partial charge in [0.05, 0.1) is 0 Å². The lowest BCUT2D eigenvalue weighted by Crippen LogP contribution is -2.24. The molecule has 2 rings (SSSR count). The van der Waals surface area contributed by atoms with Crippen molar-refractivity contribution in [1.29, 1.82) is 0 Å². The summed E-state index contributed by atoms with van der Waals surface area (Å²) in [7, 11) is 0. The van der Waals surface area contributed by atoms with E-state index in [2.05, 4.69) is 23.3 Å². The molecular formula is C12H18N2O. The summed E-state index contributed by atoms with van der Waals surface area (Å²) in [5.41, 5.74) is 1.21. The molecule has 1 aliphatic rings. The van der Waals surface area contributed by atoms with Crippen molar-refractivity contribution in [3.05, 3.63) is 23.9 Å². The first-order valence-electron chi connectivity index (χ1n) is 5.71. The van der Waals surface area contributed by atoms with Gasteiger partial charge in [0, 0.05) is 18.8 Å². The molecule has 1 aromatic rings. The normalized spacial score (nSPS) is 16.1. The van der Waals surface area contributed by atoms with Gasteiger partial charge in [0.25, 0.3) is 0 Å². The van der Waals surface area contributed by atoms with Crippen molar-refractivity contribution < 1.29 is 4.74 Å². The van der Waals surface area contributed by atoms with Gasteiger partial charge in [0.2, 0.25) is 5.88 Å². The second-order valence-electron chi connectivity index (χ2n) is 3.96. The van der Waals surface area contributed by atoms with E-state index >= 15 is 0 Å². The van der Waals surface area contributed by atoms with Crippen LogP contribution in [0.3, 0.4) is 0 Å². The number of nitrogens with zero attached hydrogens (tertiary/aromatic N) is 1. The van der Waals surface area contributed by atoms with E-state index in [-0.39, 0.29) is 0 Å². The van der Waals surface area contributed by atoms with Crippen LogP contribution in [0.1, 0.15) is 31.7 Å². The second kappa shape index (κ2) is 5.12. The van der Waals surface area contributed by atoms with Crippen LogP contribution in [0.25, 0.3) is 0 Å². The van der Waals surface area contributed by atoms with Gasteiger partial charge in [0.15, 0.2) is 0 Å². The molecule has 0 spiro atoms.